The molecule has 0 aliphatic rings. The predicted octanol–water partition coefficient (Wildman–Crippen LogP) is 0.540. The lowest BCUT2D eigenvalue weighted by molar-refractivity contribution is 0.310. The normalized spacial score (nSPS) is 11.2. The zero-order valence-electron chi connectivity index (χ0n) is 13.9. The minimum absolute atomic E-state index is 0.0665. The van der Waals surface area contributed by atoms with Crippen LogP contribution in [0, 0.1) is 0 Å². The molecule has 2 aromatic heterocycles. The summed E-state index contributed by atoms with van der Waals surface area (Å²) in [6, 6.07) is 6.98. The number of halogens is 1. The third-order valence-corrected chi connectivity index (χ3v) is 4.26. The predicted molar refractivity (Wildman–Crippen MR) is 96.3 cm³/mol. The number of aliphatic hydroxyl groups excluding tert-OH is 1. The second-order valence-electron chi connectivity index (χ2n) is 5.68. The molecule has 25 heavy (non-hydrogen) atoms. The molecule has 0 saturated heterocycles. The Morgan fingerprint density at radius 2 is 1.84 bits per heavy atom. The molecule has 132 valence electrons. The van der Waals surface area contributed by atoms with Gasteiger partial charge in [0, 0.05) is 25.7 Å². The number of aromatic nitrogens is 4. The van der Waals surface area contributed by atoms with Crippen molar-refractivity contribution in [3.05, 3.63) is 55.7 Å². The van der Waals surface area contributed by atoms with Crippen molar-refractivity contribution in [3.8, 4) is 0 Å². The van der Waals surface area contributed by atoms with E-state index in [0.29, 0.717) is 28.7 Å². The molecule has 0 aliphatic heterocycles. The third kappa shape index (κ3) is 3.06. The zero-order valence-corrected chi connectivity index (χ0v) is 14.6. The third-order valence-electron chi connectivity index (χ3n) is 4.01. The smallest absolute Gasteiger partial charge is 0.332 e. The van der Waals surface area contributed by atoms with E-state index >= 15 is 0 Å². The largest absolute Gasteiger partial charge is 0.395 e. The number of aryl methyl sites for hydroxylation is 2. The van der Waals surface area contributed by atoms with Gasteiger partial charge in [0.15, 0.2) is 11.2 Å². The highest BCUT2D eigenvalue weighted by Crippen LogP contribution is 2.14. The Hall–Kier alpha value is -2.58. The van der Waals surface area contributed by atoms with E-state index < -0.39 is 11.2 Å². The van der Waals surface area contributed by atoms with Crippen molar-refractivity contribution in [2.75, 3.05) is 18.5 Å². The summed E-state index contributed by atoms with van der Waals surface area (Å²) in [4.78, 5) is 29.8. The van der Waals surface area contributed by atoms with Gasteiger partial charge in [-0.3, -0.25) is 13.9 Å². The first kappa shape index (κ1) is 17.2. The summed E-state index contributed by atoms with van der Waals surface area (Å²) in [6.45, 7) is 0.371. The van der Waals surface area contributed by atoms with Gasteiger partial charge < -0.3 is 15.0 Å². The molecule has 0 aliphatic carbocycles. The first-order valence-corrected chi connectivity index (χ1v) is 8.07. The Balaban J connectivity index is 2.16. The molecular weight excluding hydrogens is 346 g/mol. The van der Waals surface area contributed by atoms with Gasteiger partial charge in [-0.1, -0.05) is 23.7 Å². The molecule has 0 radical (unpaired) electrons. The van der Waals surface area contributed by atoms with Gasteiger partial charge in [-0.25, -0.2) is 4.79 Å². The van der Waals surface area contributed by atoms with Crippen molar-refractivity contribution in [2.24, 2.45) is 14.1 Å². The Kier molecular flexibility index (Phi) is 4.65. The van der Waals surface area contributed by atoms with Crippen molar-refractivity contribution >= 4 is 28.7 Å². The number of hydrogen-bond donors (Lipinski definition) is 2. The zero-order chi connectivity index (χ0) is 18.1. The summed E-state index contributed by atoms with van der Waals surface area (Å²) in [7, 11) is 3.26. The number of hydrogen-bond acceptors (Lipinski definition) is 5. The van der Waals surface area contributed by atoms with Crippen molar-refractivity contribution in [2.45, 2.75) is 6.54 Å². The molecule has 0 amide bonds. The minimum Gasteiger partial charge on any atom is -0.395 e. The van der Waals surface area contributed by atoms with Crippen LogP contribution in [0.4, 0.5) is 5.95 Å². The van der Waals surface area contributed by atoms with Crippen LogP contribution >= 0.6 is 11.6 Å². The van der Waals surface area contributed by atoms with Crippen LogP contribution in [0.1, 0.15) is 5.56 Å². The number of aliphatic hydroxyl groups is 1. The molecule has 0 spiro atoms. The molecule has 3 aromatic rings. The maximum absolute atomic E-state index is 12.9. The molecule has 2 N–H and O–H groups in total. The summed E-state index contributed by atoms with van der Waals surface area (Å²) < 4.78 is 4.10. The maximum atomic E-state index is 12.9. The van der Waals surface area contributed by atoms with Crippen LogP contribution in [0.15, 0.2) is 33.9 Å². The van der Waals surface area contributed by atoms with Gasteiger partial charge in [0.25, 0.3) is 5.56 Å². The number of nitrogens with zero attached hydrogens (tertiary/aromatic N) is 4. The van der Waals surface area contributed by atoms with E-state index in [2.05, 4.69) is 10.3 Å². The summed E-state index contributed by atoms with van der Waals surface area (Å²) in [6.07, 6.45) is 0. The van der Waals surface area contributed by atoms with Gasteiger partial charge >= 0.3 is 5.69 Å². The van der Waals surface area contributed by atoms with Gasteiger partial charge in [0.05, 0.1) is 13.2 Å². The molecule has 1 aromatic carbocycles. The van der Waals surface area contributed by atoms with Gasteiger partial charge in [0.1, 0.15) is 0 Å². The molecule has 0 saturated carbocycles. The number of nitrogens with one attached hydrogen (secondary N) is 1. The van der Waals surface area contributed by atoms with Gasteiger partial charge in [-0.05, 0) is 17.7 Å². The Morgan fingerprint density at radius 1 is 1.16 bits per heavy atom. The van der Waals surface area contributed by atoms with Crippen LogP contribution in [0.3, 0.4) is 0 Å². The molecule has 9 heteroatoms. The molecule has 2 heterocycles. The van der Waals surface area contributed by atoms with Crippen molar-refractivity contribution < 1.29 is 5.11 Å². The Bertz CT molecular complexity index is 1030. The van der Waals surface area contributed by atoms with Gasteiger partial charge in [0.2, 0.25) is 5.95 Å². The van der Waals surface area contributed by atoms with Crippen LogP contribution in [-0.4, -0.2) is 36.9 Å². The van der Waals surface area contributed by atoms with E-state index in [9.17, 15) is 9.59 Å². The average Bonchev–Trinajstić information content (AvgIpc) is 2.93. The Labute approximate surface area is 147 Å². The number of imidazole rings is 1. The lowest BCUT2D eigenvalue weighted by Crippen LogP contribution is -2.39. The highest BCUT2D eigenvalue weighted by atomic mass is 35.5. The molecule has 3 rings (SSSR count). The summed E-state index contributed by atoms with van der Waals surface area (Å²) in [5, 5.41) is 12.5. The fraction of sp³-hybridized carbons (Fsp3) is 0.312. The summed E-state index contributed by atoms with van der Waals surface area (Å²) in [5.41, 5.74) is 0.546. The first-order valence-electron chi connectivity index (χ1n) is 7.69. The second kappa shape index (κ2) is 6.73. The van der Waals surface area contributed by atoms with Gasteiger partial charge in [-0.2, -0.15) is 4.98 Å². The van der Waals surface area contributed by atoms with Crippen molar-refractivity contribution in [3.63, 3.8) is 0 Å². The SMILES string of the molecule is Cn1c(NCCO)nc2c1c(=O)n(Cc1ccc(Cl)cc1)c(=O)n2C. The fourth-order valence-corrected chi connectivity index (χ4v) is 2.81. The van der Waals surface area contributed by atoms with E-state index in [1.165, 1.54) is 9.13 Å². The first-order chi connectivity index (χ1) is 11.9. The van der Waals surface area contributed by atoms with Crippen molar-refractivity contribution in [1.29, 1.82) is 0 Å². The van der Waals surface area contributed by atoms with E-state index in [1.807, 2.05) is 0 Å². The highest BCUT2D eigenvalue weighted by molar-refractivity contribution is 6.30. The quantitative estimate of drug-likeness (QED) is 0.690. The van der Waals surface area contributed by atoms with E-state index in [-0.39, 0.29) is 13.2 Å². The van der Waals surface area contributed by atoms with Crippen LogP contribution in [-0.2, 0) is 20.6 Å². The molecule has 0 bridgehead atoms. The fourth-order valence-electron chi connectivity index (χ4n) is 2.68. The van der Waals surface area contributed by atoms with E-state index in [0.717, 1.165) is 5.56 Å². The second-order valence-corrected chi connectivity index (χ2v) is 6.11. The standard InChI is InChI=1S/C16H18ClN5O3/c1-20-12-13(19-15(20)18-7-8-23)21(2)16(25)22(14(12)24)9-10-3-5-11(17)6-4-10/h3-6,23H,7-9H2,1-2H3,(H,18,19). The summed E-state index contributed by atoms with van der Waals surface area (Å²) in [5.74, 6) is 0.417. The van der Waals surface area contributed by atoms with Gasteiger partial charge in [-0.15, -0.1) is 0 Å². The van der Waals surface area contributed by atoms with Crippen LogP contribution in [0.25, 0.3) is 11.2 Å². The van der Waals surface area contributed by atoms with E-state index in [4.69, 9.17) is 16.7 Å². The topological polar surface area (TPSA) is 94.1 Å². The number of fused-ring (bicyclic) bond motifs is 1. The summed E-state index contributed by atoms with van der Waals surface area (Å²) >= 11 is 5.88. The van der Waals surface area contributed by atoms with E-state index in [1.54, 1.807) is 42.9 Å². The maximum Gasteiger partial charge on any atom is 0.332 e. The number of benzene rings is 1. The van der Waals surface area contributed by atoms with Crippen LogP contribution in [0.2, 0.25) is 5.02 Å². The van der Waals surface area contributed by atoms with Crippen LogP contribution < -0.4 is 16.6 Å². The molecular formula is C16H18ClN5O3. The molecule has 0 fully saturated rings. The average molecular weight is 364 g/mol. The number of rotatable bonds is 5. The lowest BCUT2D eigenvalue weighted by atomic mass is 10.2. The minimum atomic E-state index is -0.445. The molecule has 8 nitrogen and oxygen atoms in total. The lowest BCUT2D eigenvalue weighted by Gasteiger charge is -2.09. The highest BCUT2D eigenvalue weighted by Gasteiger charge is 2.18. The number of anilines is 1. The monoisotopic (exact) mass is 363 g/mol. The van der Waals surface area contributed by atoms with Crippen molar-refractivity contribution in [1.82, 2.24) is 18.7 Å². The Morgan fingerprint density at radius 3 is 2.48 bits per heavy atom. The van der Waals surface area contributed by atoms with Crippen LogP contribution in [0.5, 0.6) is 0 Å². The molecule has 0 unspecified atom stereocenters. The molecule has 0 atom stereocenters.